The van der Waals surface area contributed by atoms with Gasteiger partial charge >= 0.3 is 0 Å². The summed E-state index contributed by atoms with van der Waals surface area (Å²) >= 11 is 0. The molecule has 0 amide bonds. The first-order valence-corrected chi connectivity index (χ1v) is 5.12. The van der Waals surface area contributed by atoms with Crippen molar-refractivity contribution in [1.29, 1.82) is 5.26 Å². The Hall–Kier alpha value is -0.590. The van der Waals surface area contributed by atoms with Crippen LogP contribution in [0.1, 0.15) is 46.5 Å². The minimum atomic E-state index is -0.673. The molecule has 0 aliphatic heterocycles. The highest BCUT2D eigenvalue weighted by molar-refractivity contribution is 4.68. The van der Waals surface area contributed by atoms with Crippen LogP contribution < -0.4 is 0 Å². The summed E-state index contributed by atoms with van der Waals surface area (Å²) in [7, 11) is 0. The largest absolute Gasteiger partial charge is 0.368 e. The minimum Gasteiger partial charge on any atom is -0.368 e. The molecule has 0 heterocycles. The molecule has 1 unspecified atom stereocenters. The van der Waals surface area contributed by atoms with Gasteiger partial charge in [0.1, 0.15) is 0 Å². The van der Waals surface area contributed by atoms with E-state index in [1.807, 2.05) is 0 Å². The van der Waals surface area contributed by atoms with Crippen molar-refractivity contribution in [3.63, 3.8) is 0 Å². The predicted molar refractivity (Wildman–Crippen MR) is 55.5 cm³/mol. The van der Waals surface area contributed by atoms with E-state index in [4.69, 9.17) is 10.00 Å². The SMILES string of the molecule is CC(C)(C)COC(O)CCCCC#N. The summed E-state index contributed by atoms with van der Waals surface area (Å²) in [6.07, 6.45) is 2.20. The average Bonchev–Trinajstić information content (AvgIpc) is 2.08. The molecule has 82 valence electrons. The van der Waals surface area contributed by atoms with Crippen LogP contribution in [0.5, 0.6) is 0 Å². The van der Waals surface area contributed by atoms with Crippen LogP contribution >= 0.6 is 0 Å². The molecule has 0 aromatic heterocycles. The first kappa shape index (κ1) is 13.4. The second-order valence-corrected chi connectivity index (χ2v) is 4.73. The van der Waals surface area contributed by atoms with Gasteiger partial charge in [-0.05, 0) is 24.7 Å². The quantitative estimate of drug-likeness (QED) is 0.528. The Labute approximate surface area is 86.7 Å². The van der Waals surface area contributed by atoms with Crippen LogP contribution in [0.15, 0.2) is 0 Å². The highest BCUT2D eigenvalue weighted by Crippen LogP contribution is 2.15. The molecule has 3 heteroatoms. The number of hydrogen-bond acceptors (Lipinski definition) is 3. The molecule has 0 spiro atoms. The van der Waals surface area contributed by atoms with Crippen LogP contribution in [-0.4, -0.2) is 18.0 Å². The lowest BCUT2D eigenvalue weighted by molar-refractivity contribution is -0.123. The molecule has 0 aliphatic carbocycles. The Morgan fingerprint density at radius 3 is 2.50 bits per heavy atom. The zero-order chi connectivity index (χ0) is 11.0. The standard InChI is InChI=1S/C11H21NO2/c1-11(2,3)9-14-10(13)7-5-4-6-8-12/h10,13H,4-7,9H2,1-3H3. The van der Waals surface area contributed by atoms with Crippen LogP contribution in [0.3, 0.4) is 0 Å². The van der Waals surface area contributed by atoms with Gasteiger partial charge in [-0.1, -0.05) is 20.8 Å². The summed E-state index contributed by atoms with van der Waals surface area (Å²) in [4.78, 5) is 0. The van der Waals surface area contributed by atoms with Crippen LogP contribution in [-0.2, 0) is 4.74 Å². The highest BCUT2D eigenvalue weighted by Gasteiger charge is 2.13. The molecule has 0 aliphatic rings. The summed E-state index contributed by atoms with van der Waals surface area (Å²) in [5, 5.41) is 17.7. The van der Waals surface area contributed by atoms with Crippen LogP contribution in [0.4, 0.5) is 0 Å². The number of nitrogens with zero attached hydrogens (tertiary/aromatic N) is 1. The number of ether oxygens (including phenoxy) is 1. The van der Waals surface area contributed by atoms with Crippen LogP contribution in [0, 0.1) is 16.7 Å². The molecule has 0 aromatic rings. The van der Waals surface area contributed by atoms with Gasteiger partial charge in [-0.3, -0.25) is 0 Å². The average molecular weight is 199 g/mol. The molecular formula is C11H21NO2. The lowest BCUT2D eigenvalue weighted by Gasteiger charge is -2.20. The molecule has 0 fully saturated rings. The van der Waals surface area contributed by atoms with Crippen LogP contribution in [0.2, 0.25) is 0 Å². The van der Waals surface area contributed by atoms with Gasteiger partial charge in [0.05, 0.1) is 12.7 Å². The van der Waals surface area contributed by atoms with Gasteiger partial charge < -0.3 is 9.84 Å². The fraction of sp³-hybridized carbons (Fsp3) is 0.909. The maximum absolute atomic E-state index is 9.41. The normalized spacial score (nSPS) is 13.6. The lowest BCUT2D eigenvalue weighted by Crippen LogP contribution is -2.21. The van der Waals surface area contributed by atoms with E-state index >= 15 is 0 Å². The highest BCUT2D eigenvalue weighted by atomic mass is 16.6. The Morgan fingerprint density at radius 1 is 1.36 bits per heavy atom. The Morgan fingerprint density at radius 2 is 2.00 bits per heavy atom. The molecule has 1 atom stereocenters. The van der Waals surface area contributed by atoms with Crippen molar-refractivity contribution in [2.75, 3.05) is 6.61 Å². The van der Waals surface area contributed by atoms with Crippen molar-refractivity contribution in [3.05, 3.63) is 0 Å². The lowest BCUT2D eigenvalue weighted by atomic mass is 9.99. The fourth-order valence-corrected chi connectivity index (χ4v) is 0.953. The van der Waals surface area contributed by atoms with Gasteiger partial charge in [-0.15, -0.1) is 0 Å². The van der Waals surface area contributed by atoms with Gasteiger partial charge in [0, 0.05) is 6.42 Å². The predicted octanol–water partition coefficient (Wildman–Crippen LogP) is 2.45. The molecule has 0 aromatic carbocycles. The first-order valence-electron chi connectivity index (χ1n) is 5.12. The van der Waals surface area contributed by atoms with Gasteiger partial charge in [0.15, 0.2) is 6.29 Å². The Kier molecular flexibility index (Phi) is 6.52. The molecule has 0 rings (SSSR count). The van der Waals surface area contributed by atoms with E-state index in [-0.39, 0.29) is 5.41 Å². The summed E-state index contributed by atoms with van der Waals surface area (Å²) in [6.45, 7) is 6.76. The molecule has 14 heavy (non-hydrogen) atoms. The number of hydrogen-bond donors (Lipinski definition) is 1. The number of aliphatic hydroxyl groups excluding tert-OH is 1. The molecule has 3 nitrogen and oxygen atoms in total. The summed E-state index contributed by atoms with van der Waals surface area (Å²) in [5.41, 5.74) is 0.0909. The number of aliphatic hydroxyl groups is 1. The van der Waals surface area contributed by atoms with Crippen molar-refractivity contribution >= 4 is 0 Å². The van der Waals surface area contributed by atoms with E-state index in [1.54, 1.807) is 0 Å². The van der Waals surface area contributed by atoms with E-state index < -0.39 is 6.29 Å². The second kappa shape index (κ2) is 6.80. The Balaban J connectivity index is 3.38. The monoisotopic (exact) mass is 199 g/mol. The molecule has 0 saturated carbocycles. The van der Waals surface area contributed by atoms with E-state index in [9.17, 15) is 5.11 Å². The summed E-state index contributed by atoms with van der Waals surface area (Å²) < 4.78 is 5.26. The van der Waals surface area contributed by atoms with Gasteiger partial charge in [-0.2, -0.15) is 5.26 Å². The first-order chi connectivity index (χ1) is 6.45. The third-order valence-electron chi connectivity index (χ3n) is 1.70. The van der Waals surface area contributed by atoms with Gasteiger partial charge in [0.2, 0.25) is 0 Å². The van der Waals surface area contributed by atoms with Crippen molar-refractivity contribution < 1.29 is 9.84 Å². The topological polar surface area (TPSA) is 53.2 Å². The van der Waals surface area contributed by atoms with Crippen molar-refractivity contribution in [2.24, 2.45) is 5.41 Å². The Bertz CT molecular complexity index is 179. The van der Waals surface area contributed by atoms with E-state index in [0.29, 0.717) is 19.4 Å². The molecule has 1 N–H and O–H groups in total. The summed E-state index contributed by atoms with van der Waals surface area (Å²) in [5.74, 6) is 0. The molecular weight excluding hydrogens is 178 g/mol. The fourth-order valence-electron chi connectivity index (χ4n) is 0.953. The van der Waals surface area contributed by atoms with E-state index in [0.717, 1.165) is 12.8 Å². The number of rotatable bonds is 6. The minimum absolute atomic E-state index is 0.0909. The smallest absolute Gasteiger partial charge is 0.154 e. The summed E-state index contributed by atoms with van der Waals surface area (Å²) in [6, 6.07) is 2.08. The number of unbranched alkanes of at least 4 members (excludes halogenated alkanes) is 2. The third kappa shape index (κ3) is 9.50. The zero-order valence-corrected chi connectivity index (χ0v) is 9.42. The number of nitriles is 1. The van der Waals surface area contributed by atoms with Gasteiger partial charge in [-0.25, -0.2) is 0 Å². The van der Waals surface area contributed by atoms with Crippen LogP contribution in [0.25, 0.3) is 0 Å². The van der Waals surface area contributed by atoms with Crippen molar-refractivity contribution in [2.45, 2.75) is 52.7 Å². The van der Waals surface area contributed by atoms with E-state index in [2.05, 4.69) is 26.8 Å². The molecule has 0 radical (unpaired) electrons. The van der Waals surface area contributed by atoms with E-state index in [1.165, 1.54) is 0 Å². The van der Waals surface area contributed by atoms with Crippen molar-refractivity contribution in [3.8, 4) is 6.07 Å². The third-order valence-corrected chi connectivity index (χ3v) is 1.70. The maximum atomic E-state index is 9.41. The molecule has 0 saturated heterocycles. The molecule has 0 bridgehead atoms. The maximum Gasteiger partial charge on any atom is 0.154 e. The van der Waals surface area contributed by atoms with Crippen molar-refractivity contribution in [1.82, 2.24) is 0 Å². The van der Waals surface area contributed by atoms with Gasteiger partial charge in [0.25, 0.3) is 0 Å². The second-order valence-electron chi connectivity index (χ2n) is 4.73. The zero-order valence-electron chi connectivity index (χ0n) is 9.42.